The lowest BCUT2D eigenvalue weighted by Crippen LogP contribution is -2.26. The van der Waals surface area contributed by atoms with Crippen LogP contribution in [0.2, 0.25) is 0 Å². The van der Waals surface area contributed by atoms with Gasteiger partial charge in [-0.05, 0) is 61.0 Å². The van der Waals surface area contributed by atoms with Crippen LogP contribution in [0.25, 0.3) is 5.65 Å². The van der Waals surface area contributed by atoms with E-state index in [4.69, 9.17) is 14.2 Å². The average Bonchev–Trinajstić information content (AvgIpc) is 3.26. The summed E-state index contributed by atoms with van der Waals surface area (Å²) in [6.45, 7) is 3.38. The van der Waals surface area contributed by atoms with Crippen LogP contribution in [0.15, 0.2) is 73.1 Å². The van der Waals surface area contributed by atoms with Crippen molar-refractivity contribution in [3.63, 3.8) is 0 Å². The van der Waals surface area contributed by atoms with Crippen molar-refractivity contribution in [3.05, 3.63) is 89.9 Å². The number of amides is 1. The first-order chi connectivity index (χ1) is 15.7. The molecule has 0 fully saturated rings. The Labute approximate surface area is 185 Å². The summed E-state index contributed by atoms with van der Waals surface area (Å²) in [5.74, 6) is 1.97. The molecule has 7 heteroatoms. The van der Waals surface area contributed by atoms with E-state index in [1.54, 1.807) is 24.3 Å². The number of pyridine rings is 1. The summed E-state index contributed by atoms with van der Waals surface area (Å²) in [6.07, 6.45) is 3.89. The molecule has 0 bridgehead atoms. The molecule has 1 atom stereocenters. The van der Waals surface area contributed by atoms with E-state index in [9.17, 15) is 4.79 Å². The quantitative estimate of drug-likeness (QED) is 0.498. The number of aromatic nitrogens is 2. The van der Waals surface area contributed by atoms with Crippen molar-refractivity contribution < 1.29 is 19.0 Å². The number of hydrogen-bond acceptors (Lipinski definition) is 5. The van der Waals surface area contributed by atoms with Crippen LogP contribution in [0.5, 0.6) is 17.2 Å². The molecule has 3 heterocycles. The number of hydrogen-bond donors (Lipinski definition) is 1. The van der Waals surface area contributed by atoms with Crippen LogP contribution in [0.3, 0.4) is 0 Å². The third-order valence-electron chi connectivity index (χ3n) is 5.33. The van der Waals surface area contributed by atoms with E-state index >= 15 is 0 Å². The minimum Gasteiger partial charge on any atom is -0.487 e. The molecule has 2 aromatic heterocycles. The van der Waals surface area contributed by atoms with Gasteiger partial charge in [-0.15, -0.1) is 0 Å². The molecule has 0 aliphatic carbocycles. The van der Waals surface area contributed by atoms with Gasteiger partial charge in [0.15, 0.2) is 11.5 Å². The monoisotopic (exact) mass is 429 g/mol. The molecule has 1 aliphatic heterocycles. The molecule has 5 rings (SSSR count). The van der Waals surface area contributed by atoms with Crippen LogP contribution in [0.4, 0.5) is 0 Å². The normalized spacial score (nSPS) is 13.5. The van der Waals surface area contributed by atoms with Gasteiger partial charge in [0.25, 0.3) is 5.91 Å². The summed E-state index contributed by atoms with van der Waals surface area (Å²) in [7, 11) is 0. The van der Waals surface area contributed by atoms with Gasteiger partial charge in [0.05, 0.1) is 11.7 Å². The molecule has 0 saturated heterocycles. The highest BCUT2D eigenvalue weighted by Crippen LogP contribution is 2.32. The smallest absolute Gasteiger partial charge is 0.251 e. The largest absolute Gasteiger partial charge is 0.487 e. The van der Waals surface area contributed by atoms with Crippen molar-refractivity contribution >= 4 is 11.6 Å². The summed E-state index contributed by atoms with van der Waals surface area (Å²) in [5, 5.41) is 3.02. The Morgan fingerprint density at radius 2 is 1.91 bits per heavy atom. The van der Waals surface area contributed by atoms with Gasteiger partial charge in [0, 0.05) is 18.0 Å². The maximum atomic E-state index is 12.7. The number of carbonyl (C=O) groups is 1. The highest BCUT2D eigenvalue weighted by molar-refractivity contribution is 5.94. The average molecular weight is 429 g/mol. The first-order valence-electron chi connectivity index (χ1n) is 10.5. The van der Waals surface area contributed by atoms with Crippen molar-refractivity contribution in [3.8, 4) is 17.2 Å². The maximum absolute atomic E-state index is 12.7. The van der Waals surface area contributed by atoms with E-state index in [0.29, 0.717) is 36.9 Å². The predicted molar refractivity (Wildman–Crippen MR) is 119 cm³/mol. The molecule has 7 nitrogen and oxygen atoms in total. The Hall–Kier alpha value is -4.00. The molecule has 2 aromatic carbocycles. The number of benzene rings is 2. The van der Waals surface area contributed by atoms with Crippen LogP contribution in [0.1, 0.15) is 34.6 Å². The van der Waals surface area contributed by atoms with Gasteiger partial charge in [0.1, 0.15) is 31.2 Å². The summed E-state index contributed by atoms with van der Waals surface area (Å²) < 4.78 is 19.0. The second-order valence-corrected chi connectivity index (χ2v) is 7.61. The predicted octanol–water partition coefficient (Wildman–Crippen LogP) is 4.18. The van der Waals surface area contributed by atoms with Gasteiger partial charge in [-0.25, -0.2) is 4.98 Å². The SMILES string of the molecule is CC(NC(=O)c1ccc(OCc2cn3ccccc3n2)cc1)c1ccc2c(c1)OCCO2. The van der Waals surface area contributed by atoms with E-state index in [-0.39, 0.29) is 11.9 Å². The van der Waals surface area contributed by atoms with Gasteiger partial charge < -0.3 is 23.9 Å². The van der Waals surface area contributed by atoms with Crippen LogP contribution in [-0.2, 0) is 6.61 Å². The molecule has 1 amide bonds. The van der Waals surface area contributed by atoms with Crippen molar-refractivity contribution in [1.29, 1.82) is 0 Å². The van der Waals surface area contributed by atoms with Crippen LogP contribution >= 0.6 is 0 Å². The molecule has 162 valence electrons. The molecular weight excluding hydrogens is 406 g/mol. The minimum atomic E-state index is -0.177. The fourth-order valence-electron chi connectivity index (χ4n) is 3.61. The molecule has 32 heavy (non-hydrogen) atoms. The summed E-state index contributed by atoms with van der Waals surface area (Å²) in [5.41, 5.74) is 3.24. The lowest BCUT2D eigenvalue weighted by Gasteiger charge is -2.21. The Balaban J connectivity index is 1.19. The highest BCUT2D eigenvalue weighted by atomic mass is 16.6. The van der Waals surface area contributed by atoms with Crippen molar-refractivity contribution in [2.24, 2.45) is 0 Å². The fraction of sp³-hybridized carbons (Fsp3) is 0.200. The molecule has 0 saturated carbocycles. The van der Waals surface area contributed by atoms with Crippen molar-refractivity contribution in [1.82, 2.24) is 14.7 Å². The molecule has 1 unspecified atom stereocenters. The Morgan fingerprint density at radius 3 is 2.72 bits per heavy atom. The zero-order valence-corrected chi connectivity index (χ0v) is 17.7. The number of carbonyl (C=O) groups excluding carboxylic acids is 1. The first kappa shape index (κ1) is 19.9. The van der Waals surface area contributed by atoms with Gasteiger partial charge in [-0.3, -0.25) is 4.79 Å². The summed E-state index contributed by atoms with van der Waals surface area (Å²) in [4.78, 5) is 17.2. The summed E-state index contributed by atoms with van der Waals surface area (Å²) >= 11 is 0. The second-order valence-electron chi connectivity index (χ2n) is 7.61. The standard InChI is InChI=1S/C25H23N3O4/c1-17(19-7-10-22-23(14-19)31-13-12-30-22)26-25(29)18-5-8-21(9-6-18)32-16-20-15-28-11-3-2-4-24(28)27-20/h2-11,14-15,17H,12-13,16H2,1H3,(H,26,29). The number of fused-ring (bicyclic) bond motifs is 2. The van der Waals surface area contributed by atoms with Gasteiger partial charge >= 0.3 is 0 Å². The molecule has 1 N–H and O–H groups in total. The van der Waals surface area contributed by atoms with E-state index in [1.807, 2.05) is 60.1 Å². The van der Waals surface area contributed by atoms with E-state index < -0.39 is 0 Å². The maximum Gasteiger partial charge on any atom is 0.251 e. The van der Waals surface area contributed by atoms with E-state index in [1.165, 1.54) is 0 Å². The van der Waals surface area contributed by atoms with E-state index in [0.717, 1.165) is 22.7 Å². The van der Waals surface area contributed by atoms with Crippen LogP contribution in [0, 0.1) is 0 Å². The fourth-order valence-corrected chi connectivity index (χ4v) is 3.61. The number of nitrogens with one attached hydrogen (secondary N) is 1. The number of rotatable bonds is 6. The molecule has 1 aliphatic rings. The minimum absolute atomic E-state index is 0.153. The van der Waals surface area contributed by atoms with Gasteiger partial charge in [-0.2, -0.15) is 0 Å². The summed E-state index contributed by atoms with van der Waals surface area (Å²) in [6, 6.07) is 18.5. The van der Waals surface area contributed by atoms with Crippen LogP contribution < -0.4 is 19.5 Å². The highest BCUT2D eigenvalue weighted by Gasteiger charge is 2.16. The van der Waals surface area contributed by atoms with Crippen molar-refractivity contribution in [2.75, 3.05) is 13.2 Å². The Morgan fingerprint density at radius 1 is 1.09 bits per heavy atom. The van der Waals surface area contributed by atoms with Crippen LogP contribution in [-0.4, -0.2) is 28.5 Å². The number of nitrogens with zero attached hydrogens (tertiary/aromatic N) is 2. The second kappa shape index (κ2) is 8.63. The topological polar surface area (TPSA) is 74.1 Å². The molecule has 4 aromatic rings. The molecular formula is C25H23N3O4. The first-order valence-corrected chi connectivity index (χ1v) is 10.5. The third kappa shape index (κ3) is 4.23. The number of imidazole rings is 1. The van der Waals surface area contributed by atoms with E-state index in [2.05, 4.69) is 10.3 Å². The third-order valence-corrected chi connectivity index (χ3v) is 5.33. The van der Waals surface area contributed by atoms with Gasteiger partial charge in [-0.1, -0.05) is 12.1 Å². The zero-order chi connectivity index (χ0) is 21.9. The Bertz CT molecular complexity index is 1220. The number of ether oxygens (including phenoxy) is 3. The zero-order valence-electron chi connectivity index (χ0n) is 17.7. The lowest BCUT2D eigenvalue weighted by molar-refractivity contribution is 0.0939. The molecule has 0 radical (unpaired) electrons. The molecule has 0 spiro atoms. The lowest BCUT2D eigenvalue weighted by atomic mass is 10.1. The van der Waals surface area contributed by atoms with Crippen molar-refractivity contribution in [2.45, 2.75) is 19.6 Å². The Kier molecular flexibility index (Phi) is 5.37. The van der Waals surface area contributed by atoms with Gasteiger partial charge in [0.2, 0.25) is 0 Å².